The average molecular weight is 474 g/mol. The molecule has 2 N–H and O–H groups in total. The predicted molar refractivity (Wildman–Crippen MR) is 136 cm³/mol. The van der Waals surface area contributed by atoms with E-state index in [-0.39, 0.29) is 11.6 Å². The molecule has 4 aromatic rings. The minimum atomic E-state index is -0.967. The molecule has 35 heavy (non-hydrogen) atoms. The summed E-state index contributed by atoms with van der Waals surface area (Å²) in [6, 6.07) is 19.2. The van der Waals surface area contributed by atoms with Crippen LogP contribution in [0.15, 0.2) is 60.7 Å². The Balaban J connectivity index is 0.000000196. The summed E-state index contributed by atoms with van der Waals surface area (Å²) in [5.41, 5.74) is 6.42. The Morgan fingerprint density at radius 1 is 0.771 bits per heavy atom. The Morgan fingerprint density at radius 2 is 1.17 bits per heavy atom. The summed E-state index contributed by atoms with van der Waals surface area (Å²) < 4.78 is 3.13. The number of nitrogens with zero attached hydrogens (tertiary/aromatic N) is 4. The molecule has 8 nitrogen and oxygen atoms in total. The average Bonchev–Trinajstić information content (AvgIpc) is 3.47. The van der Waals surface area contributed by atoms with Crippen molar-refractivity contribution in [3.05, 3.63) is 94.6 Å². The van der Waals surface area contributed by atoms with Crippen LogP contribution in [0, 0.1) is 13.8 Å². The lowest BCUT2D eigenvalue weighted by Gasteiger charge is -2.07. The van der Waals surface area contributed by atoms with Gasteiger partial charge in [-0.15, -0.1) is 0 Å². The molecule has 2 aromatic heterocycles. The zero-order chi connectivity index (χ0) is 25.5. The number of carbonyl (C=O) groups excluding carboxylic acids is 1. The molecule has 8 heteroatoms. The molecule has 0 saturated carbocycles. The number of hydrogen-bond acceptors (Lipinski definition) is 4. The normalized spacial score (nSPS) is 10.4. The van der Waals surface area contributed by atoms with Gasteiger partial charge in [0.05, 0.1) is 22.8 Å². The number of carbonyl (C=O) groups is 2. The SMILES string of the molecule is CCc1ccc(-n2nc(C)cc2C(=O)NC)cc1.CCc1ccc(-n2nc(C)cc2C(=O)O)cc1. The van der Waals surface area contributed by atoms with Gasteiger partial charge in [0.15, 0.2) is 5.69 Å². The Labute approximate surface area is 205 Å². The standard InChI is InChI=1S/C14H17N3O.C13H14N2O2/c1-4-11-5-7-12(8-6-11)17-13(14(18)15-3)9-10(2)16-17;1-3-10-4-6-11(7-5-10)15-12(13(16)17)8-9(2)14-15/h5-9H,4H2,1-3H3,(H,15,18);4-8H,3H2,1-2H3,(H,16,17). The molecular formula is C27H31N5O3. The summed E-state index contributed by atoms with van der Waals surface area (Å²) in [7, 11) is 1.62. The molecule has 0 spiro atoms. The fourth-order valence-electron chi connectivity index (χ4n) is 3.58. The highest BCUT2D eigenvalue weighted by atomic mass is 16.4. The number of amides is 1. The van der Waals surface area contributed by atoms with Crippen LogP contribution in [0.5, 0.6) is 0 Å². The van der Waals surface area contributed by atoms with E-state index in [1.165, 1.54) is 15.8 Å². The van der Waals surface area contributed by atoms with Gasteiger partial charge < -0.3 is 10.4 Å². The van der Waals surface area contributed by atoms with Crippen molar-refractivity contribution in [2.24, 2.45) is 0 Å². The highest BCUT2D eigenvalue weighted by Gasteiger charge is 2.14. The lowest BCUT2D eigenvalue weighted by atomic mass is 10.1. The van der Waals surface area contributed by atoms with Crippen molar-refractivity contribution in [3.8, 4) is 11.4 Å². The molecule has 2 aromatic carbocycles. The maximum Gasteiger partial charge on any atom is 0.354 e. The van der Waals surface area contributed by atoms with Crippen molar-refractivity contribution < 1.29 is 14.7 Å². The van der Waals surface area contributed by atoms with Crippen molar-refractivity contribution in [1.29, 1.82) is 0 Å². The highest BCUT2D eigenvalue weighted by molar-refractivity contribution is 5.93. The first kappa shape index (κ1) is 25.4. The van der Waals surface area contributed by atoms with Crippen LogP contribution in [-0.4, -0.2) is 43.6 Å². The third kappa shape index (κ3) is 6.03. The molecule has 4 rings (SSSR count). The first-order valence-corrected chi connectivity index (χ1v) is 11.5. The molecular weight excluding hydrogens is 442 g/mol. The molecule has 0 saturated heterocycles. The van der Waals surface area contributed by atoms with Crippen LogP contribution < -0.4 is 5.32 Å². The van der Waals surface area contributed by atoms with Gasteiger partial charge in [0.25, 0.3) is 5.91 Å². The summed E-state index contributed by atoms with van der Waals surface area (Å²) in [6.07, 6.45) is 1.96. The van der Waals surface area contributed by atoms with Crippen LogP contribution in [0.25, 0.3) is 11.4 Å². The van der Waals surface area contributed by atoms with Gasteiger partial charge in [-0.1, -0.05) is 38.1 Å². The Kier molecular flexibility index (Phi) is 8.20. The highest BCUT2D eigenvalue weighted by Crippen LogP contribution is 2.15. The molecule has 1 amide bonds. The quantitative estimate of drug-likeness (QED) is 0.428. The molecule has 2 heterocycles. The molecule has 0 aliphatic heterocycles. The predicted octanol–water partition coefficient (Wildman–Crippen LogP) is 4.54. The summed E-state index contributed by atoms with van der Waals surface area (Å²) >= 11 is 0. The summed E-state index contributed by atoms with van der Waals surface area (Å²) in [6.45, 7) is 7.85. The van der Waals surface area contributed by atoms with Gasteiger partial charge in [-0.2, -0.15) is 10.2 Å². The topological polar surface area (TPSA) is 102 Å². The minimum absolute atomic E-state index is 0.129. The monoisotopic (exact) mass is 473 g/mol. The Morgan fingerprint density at radius 3 is 1.54 bits per heavy atom. The Hall–Kier alpha value is -4.20. The number of hydrogen-bond donors (Lipinski definition) is 2. The fraction of sp³-hybridized carbons (Fsp3) is 0.259. The van der Waals surface area contributed by atoms with Crippen LogP contribution in [0.2, 0.25) is 0 Å². The zero-order valence-corrected chi connectivity index (χ0v) is 20.7. The smallest absolute Gasteiger partial charge is 0.354 e. The number of carboxylic acids is 1. The van der Waals surface area contributed by atoms with Gasteiger partial charge in [0.2, 0.25) is 0 Å². The number of aryl methyl sites for hydroxylation is 4. The molecule has 0 aliphatic carbocycles. The number of carboxylic acid groups (broad SMARTS) is 1. The van der Waals surface area contributed by atoms with E-state index in [9.17, 15) is 9.59 Å². The maximum absolute atomic E-state index is 11.8. The second kappa shape index (κ2) is 11.3. The van der Waals surface area contributed by atoms with E-state index in [0.717, 1.165) is 29.9 Å². The van der Waals surface area contributed by atoms with Gasteiger partial charge in [-0.25, -0.2) is 14.2 Å². The molecule has 0 unspecified atom stereocenters. The van der Waals surface area contributed by atoms with Crippen molar-refractivity contribution in [2.45, 2.75) is 40.5 Å². The van der Waals surface area contributed by atoms with Gasteiger partial charge in [0.1, 0.15) is 5.69 Å². The van der Waals surface area contributed by atoms with Crippen LogP contribution in [0.4, 0.5) is 0 Å². The van der Waals surface area contributed by atoms with E-state index in [4.69, 9.17) is 5.11 Å². The number of benzene rings is 2. The number of aromatic nitrogens is 4. The maximum atomic E-state index is 11.8. The van der Waals surface area contributed by atoms with E-state index >= 15 is 0 Å². The van der Waals surface area contributed by atoms with Crippen molar-refractivity contribution in [2.75, 3.05) is 7.05 Å². The molecule has 182 valence electrons. The number of nitrogens with one attached hydrogen (secondary N) is 1. The Bertz CT molecular complexity index is 1300. The summed E-state index contributed by atoms with van der Waals surface area (Å²) in [4.78, 5) is 22.8. The fourth-order valence-corrected chi connectivity index (χ4v) is 3.58. The van der Waals surface area contributed by atoms with E-state index in [2.05, 4.69) is 41.5 Å². The summed E-state index contributed by atoms with van der Waals surface area (Å²) in [5.74, 6) is -1.10. The van der Waals surface area contributed by atoms with E-state index in [1.54, 1.807) is 30.8 Å². The summed E-state index contributed by atoms with van der Waals surface area (Å²) in [5, 5.41) is 20.3. The van der Waals surface area contributed by atoms with Crippen LogP contribution in [0.3, 0.4) is 0 Å². The molecule has 0 bridgehead atoms. The van der Waals surface area contributed by atoms with Crippen molar-refractivity contribution >= 4 is 11.9 Å². The first-order chi connectivity index (χ1) is 16.8. The van der Waals surface area contributed by atoms with Crippen molar-refractivity contribution in [1.82, 2.24) is 24.9 Å². The van der Waals surface area contributed by atoms with Gasteiger partial charge >= 0.3 is 5.97 Å². The molecule has 0 fully saturated rings. The van der Waals surface area contributed by atoms with Crippen LogP contribution in [-0.2, 0) is 12.8 Å². The third-order valence-corrected chi connectivity index (χ3v) is 5.52. The second-order valence-corrected chi connectivity index (χ2v) is 8.09. The lowest BCUT2D eigenvalue weighted by molar-refractivity contribution is 0.0686. The van der Waals surface area contributed by atoms with Gasteiger partial charge in [0, 0.05) is 7.05 Å². The van der Waals surface area contributed by atoms with E-state index in [0.29, 0.717) is 11.4 Å². The molecule has 0 atom stereocenters. The minimum Gasteiger partial charge on any atom is -0.477 e. The molecule has 0 aliphatic rings. The number of aromatic carboxylic acids is 1. The first-order valence-electron chi connectivity index (χ1n) is 11.5. The van der Waals surface area contributed by atoms with Gasteiger partial charge in [-0.3, -0.25) is 4.79 Å². The second-order valence-electron chi connectivity index (χ2n) is 8.09. The number of rotatable bonds is 6. The van der Waals surface area contributed by atoms with E-state index < -0.39 is 5.97 Å². The lowest BCUT2D eigenvalue weighted by Crippen LogP contribution is -2.21. The zero-order valence-electron chi connectivity index (χ0n) is 20.7. The van der Waals surface area contributed by atoms with Crippen molar-refractivity contribution in [3.63, 3.8) is 0 Å². The van der Waals surface area contributed by atoms with E-state index in [1.807, 2.05) is 43.3 Å². The third-order valence-electron chi connectivity index (χ3n) is 5.52. The largest absolute Gasteiger partial charge is 0.477 e. The van der Waals surface area contributed by atoms with Gasteiger partial charge in [-0.05, 0) is 74.2 Å². The van der Waals surface area contributed by atoms with Crippen LogP contribution in [0.1, 0.15) is 57.3 Å². The molecule has 0 radical (unpaired) electrons. The van der Waals surface area contributed by atoms with Crippen LogP contribution >= 0.6 is 0 Å².